The Kier molecular flexibility index (Phi) is 5.32. The molecule has 3 rings (SSSR count). The molecule has 1 heterocycles. The summed E-state index contributed by atoms with van der Waals surface area (Å²) in [6.07, 6.45) is 0. The molecule has 3 aromatic rings. The van der Waals surface area contributed by atoms with Gasteiger partial charge in [-0.15, -0.1) is 0 Å². The first-order valence-electron chi connectivity index (χ1n) is 8.49. The van der Waals surface area contributed by atoms with Crippen LogP contribution in [-0.2, 0) is 0 Å². The van der Waals surface area contributed by atoms with E-state index in [1.54, 1.807) is 31.2 Å². The standard InChI is InChI=1S/C20H15N3O7/c1-10-3-2-4-14(5-10)23-16(25)9-15(24)17(22-23)18(26)21-13-7-11(19(27)28)6-12(8-13)20(29)30/h2-9,24H,1H3,(H,21,26)(H,27,28)(H,29,30). The third kappa shape index (κ3) is 4.17. The first-order valence-corrected chi connectivity index (χ1v) is 8.49. The van der Waals surface area contributed by atoms with Crippen LogP contribution in [0.3, 0.4) is 0 Å². The van der Waals surface area contributed by atoms with E-state index in [2.05, 4.69) is 10.4 Å². The number of anilines is 1. The number of carboxylic acids is 2. The van der Waals surface area contributed by atoms with E-state index in [1.807, 2.05) is 0 Å². The zero-order valence-corrected chi connectivity index (χ0v) is 15.5. The van der Waals surface area contributed by atoms with Gasteiger partial charge in [0.15, 0.2) is 11.4 Å². The molecule has 0 unspecified atom stereocenters. The predicted octanol–water partition coefficient (Wildman–Crippen LogP) is 1.90. The van der Waals surface area contributed by atoms with Crippen molar-refractivity contribution in [2.75, 3.05) is 5.32 Å². The third-order valence-corrected chi connectivity index (χ3v) is 4.06. The van der Waals surface area contributed by atoms with Gasteiger partial charge in [0.1, 0.15) is 0 Å². The number of hydrogen-bond donors (Lipinski definition) is 4. The number of nitrogens with zero attached hydrogens (tertiary/aromatic N) is 2. The highest BCUT2D eigenvalue weighted by molar-refractivity contribution is 6.06. The van der Waals surface area contributed by atoms with E-state index in [9.17, 15) is 24.3 Å². The monoisotopic (exact) mass is 409 g/mol. The van der Waals surface area contributed by atoms with Crippen molar-refractivity contribution in [1.82, 2.24) is 9.78 Å². The van der Waals surface area contributed by atoms with Crippen LogP contribution < -0.4 is 10.9 Å². The molecule has 0 atom stereocenters. The number of benzene rings is 2. The van der Waals surface area contributed by atoms with Crippen LogP contribution in [-0.4, -0.2) is 42.9 Å². The molecule has 0 saturated heterocycles. The highest BCUT2D eigenvalue weighted by atomic mass is 16.4. The van der Waals surface area contributed by atoms with Gasteiger partial charge in [0.05, 0.1) is 16.8 Å². The van der Waals surface area contributed by atoms with Crippen LogP contribution in [0.15, 0.2) is 53.3 Å². The molecule has 10 nitrogen and oxygen atoms in total. The lowest BCUT2D eigenvalue weighted by atomic mass is 10.1. The topological polar surface area (TPSA) is 159 Å². The molecule has 0 aliphatic heterocycles. The summed E-state index contributed by atoms with van der Waals surface area (Å²) in [4.78, 5) is 47.2. The quantitative estimate of drug-likeness (QED) is 0.497. The third-order valence-electron chi connectivity index (χ3n) is 4.06. The lowest BCUT2D eigenvalue weighted by molar-refractivity contribution is 0.0696. The maximum absolute atomic E-state index is 12.6. The van der Waals surface area contributed by atoms with Crippen molar-refractivity contribution in [1.29, 1.82) is 0 Å². The Balaban J connectivity index is 2.02. The van der Waals surface area contributed by atoms with Crippen LogP contribution in [0, 0.1) is 6.92 Å². The summed E-state index contributed by atoms with van der Waals surface area (Å²) in [6.45, 7) is 1.80. The second-order valence-corrected chi connectivity index (χ2v) is 6.33. The van der Waals surface area contributed by atoms with Crippen molar-refractivity contribution in [2.24, 2.45) is 0 Å². The molecule has 30 heavy (non-hydrogen) atoms. The summed E-state index contributed by atoms with van der Waals surface area (Å²) >= 11 is 0. The molecular weight excluding hydrogens is 394 g/mol. The highest BCUT2D eigenvalue weighted by Gasteiger charge is 2.19. The molecule has 0 fully saturated rings. The lowest BCUT2D eigenvalue weighted by Crippen LogP contribution is -2.25. The Hall–Kier alpha value is -4.47. The largest absolute Gasteiger partial charge is 0.505 e. The molecule has 10 heteroatoms. The Morgan fingerprint density at radius 3 is 2.17 bits per heavy atom. The zero-order chi connectivity index (χ0) is 22.0. The zero-order valence-electron chi connectivity index (χ0n) is 15.5. The first-order chi connectivity index (χ1) is 14.2. The number of aromatic carboxylic acids is 2. The van der Waals surface area contributed by atoms with E-state index in [-0.39, 0.29) is 16.8 Å². The van der Waals surface area contributed by atoms with Crippen LogP contribution >= 0.6 is 0 Å². The van der Waals surface area contributed by atoms with E-state index in [0.717, 1.165) is 34.5 Å². The number of carbonyl (C=O) groups excluding carboxylic acids is 1. The molecule has 0 radical (unpaired) electrons. The van der Waals surface area contributed by atoms with E-state index in [0.29, 0.717) is 5.69 Å². The highest BCUT2D eigenvalue weighted by Crippen LogP contribution is 2.19. The van der Waals surface area contributed by atoms with E-state index >= 15 is 0 Å². The van der Waals surface area contributed by atoms with Gasteiger partial charge in [0, 0.05) is 11.8 Å². The molecule has 0 aliphatic carbocycles. The minimum Gasteiger partial charge on any atom is -0.505 e. The fourth-order valence-electron chi connectivity index (χ4n) is 2.69. The maximum atomic E-state index is 12.6. The summed E-state index contributed by atoms with van der Waals surface area (Å²) < 4.78 is 0.929. The fourth-order valence-corrected chi connectivity index (χ4v) is 2.69. The van der Waals surface area contributed by atoms with E-state index in [1.165, 1.54) is 0 Å². The first kappa shape index (κ1) is 20.3. The number of carboxylic acid groups (broad SMARTS) is 2. The number of carbonyl (C=O) groups is 3. The van der Waals surface area contributed by atoms with Gasteiger partial charge in [0.25, 0.3) is 11.5 Å². The Bertz CT molecular complexity index is 1220. The molecular formula is C20H15N3O7. The van der Waals surface area contributed by atoms with Crippen molar-refractivity contribution in [2.45, 2.75) is 6.92 Å². The fraction of sp³-hybridized carbons (Fsp3) is 0.0500. The average Bonchev–Trinajstić information content (AvgIpc) is 2.67. The second-order valence-electron chi connectivity index (χ2n) is 6.33. The van der Waals surface area contributed by atoms with Crippen molar-refractivity contribution in [3.63, 3.8) is 0 Å². The average molecular weight is 409 g/mol. The molecule has 0 bridgehead atoms. The smallest absolute Gasteiger partial charge is 0.335 e. The lowest BCUT2D eigenvalue weighted by Gasteiger charge is -2.11. The minimum absolute atomic E-state index is 0.133. The number of rotatable bonds is 5. The van der Waals surface area contributed by atoms with Gasteiger partial charge < -0.3 is 20.6 Å². The Labute approximate surface area is 168 Å². The van der Waals surface area contributed by atoms with Crippen molar-refractivity contribution < 1.29 is 29.7 Å². The minimum atomic E-state index is -1.39. The van der Waals surface area contributed by atoms with Crippen LogP contribution in [0.4, 0.5) is 5.69 Å². The molecule has 1 aromatic heterocycles. The van der Waals surface area contributed by atoms with Crippen LogP contribution in [0.5, 0.6) is 5.75 Å². The molecule has 4 N–H and O–H groups in total. The van der Waals surface area contributed by atoms with Crippen LogP contribution in [0.2, 0.25) is 0 Å². The Morgan fingerprint density at radius 1 is 0.967 bits per heavy atom. The summed E-state index contributed by atoms with van der Waals surface area (Å²) in [5.74, 6) is -4.42. The van der Waals surface area contributed by atoms with Gasteiger partial charge in [-0.3, -0.25) is 9.59 Å². The molecule has 2 aromatic carbocycles. The predicted molar refractivity (Wildman–Crippen MR) is 105 cm³/mol. The number of aromatic nitrogens is 2. The number of aromatic hydroxyl groups is 1. The van der Waals surface area contributed by atoms with Gasteiger partial charge in [0.2, 0.25) is 0 Å². The maximum Gasteiger partial charge on any atom is 0.335 e. The molecule has 0 spiro atoms. The summed E-state index contributed by atoms with van der Waals surface area (Å²) in [5.41, 5.74) is -0.808. The van der Waals surface area contributed by atoms with Crippen molar-refractivity contribution in [3.8, 4) is 11.4 Å². The van der Waals surface area contributed by atoms with Gasteiger partial charge in [-0.1, -0.05) is 12.1 Å². The van der Waals surface area contributed by atoms with Crippen molar-refractivity contribution in [3.05, 3.63) is 81.3 Å². The van der Waals surface area contributed by atoms with Crippen LogP contribution in [0.25, 0.3) is 5.69 Å². The Morgan fingerprint density at radius 2 is 1.60 bits per heavy atom. The van der Waals surface area contributed by atoms with Gasteiger partial charge in [-0.2, -0.15) is 9.78 Å². The van der Waals surface area contributed by atoms with Gasteiger partial charge in [-0.25, -0.2) is 9.59 Å². The molecule has 0 saturated carbocycles. The number of aryl methyl sites for hydroxylation is 1. The number of amides is 1. The normalized spacial score (nSPS) is 10.4. The summed E-state index contributed by atoms with van der Waals surface area (Å²) in [5, 5.41) is 34.5. The molecule has 152 valence electrons. The molecule has 0 aliphatic rings. The second kappa shape index (κ2) is 7.87. The number of nitrogens with one attached hydrogen (secondary N) is 1. The SMILES string of the molecule is Cc1cccc(-n2nc(C(=O)Nc3cc(C(=O)O)cc(C(=O)O)c3)c(O)cc2=O)c1. The van der Waals surface area contributed by atoms with Crippen LogP contribution in [0.1, 0.15) is 36.8 Å². The van der Waals surface area contributed by atoms with E-state index < -0.39 is 34.8 Å². The van der Waals surface area contributed by atoms with Crippen molar-refractivity contribution >= 4 is 23.5 Å². The van der Waals surface area contributed by atoms with Gasteiger partial charge in [-0.05, 0) is 42.8 Å². The van der Waals surface area contributed by atoms with E-state index in [4.69, 9.17) is 10.2 Å². The number of hydrogen-bond acceptors (Lipinski definition) is 6. The molecule has 1 amide bonds. The van der Waals surface area contributed by atoms with Gasteiger partial charge >= 0.3 is 11.9 Å². The summed E-state index contributed by atoms with van der Waals surface area (Å²) in [6, 6.07) is 10.6. The summed E-state index contributed by atoms with van der Waals surface area (Å²) in [7, 11) is 0.